The van der Waals surface area contributed by atoms with Crippen LogP contribution in [-0.4, -0.2) is 59.5 Å². The molecule has 1 amide bonds. The molecule has 0 bridgehead atoms. The number of rotatable bonds is 10. The van der Waals surface area contributed by atoms with Crippen molar-refractivity contribution in [2.24, 2.45) is 11.8 Å². The maximum absolute atomic E-state index is 12.3. The lowest BCUT2D eigenvalue weighted by molar-refractivity contribution is -0.149. The minimum Gasteiger partial charge on any atom is -0.481 e. The minimum atomic E-state index is -0.912. The predicted octanol–water partition coefficient (Wildman–Crippen LogP) is 1.92. The fraction of sp³-hybridized carbons (Fsp3) is 0.867. The zero-order chi connectivity index (χ0) is 15.7. The summed E-state index contributed by atoms with van der Waals surface area (Å²) >= 11 is 0. The summed E-state index contributed by atoms with van der Waals surface area (Å²) in [6.07, 6.45) is 0.926. The SMILES string of the molecule is CCN(CC)CCCN(CC)C(=O)C(C)C(C)C(=O)O. The van der Waals surface area contributed by atoms with Gasteiger partial charge in [-0.15, -0.1) is 0 Å². The van der Waals surface area contributed by atoms with Gasteiger partial charge in [-0.2, -0.15) is 0 Å². The van der Waals surface area contributed by atoms with Crippen LogP contribution < -0.4 is 0 Å². The van der Waals surface area contributed by atoms with E-state index in [9.17, 15) is 9.59 Å². The highest BCUT2D eigenvalue weighted by molar-refractivity contribution is 5.84. The average molecular weight is 286 g/mol. The Balaban J connectivity index is 4.38. The van der Waals surface area contributed by atoms with E-state index in [0.29, 0.717) is 13.1 Å². The molecule has 0 aromatic heterocycles. The van der Waals surface area contributed by atoms with Gasteiger partial charge in [0.1, 0.15) is 0 Å². The summed E-state index contributed by atoms with van der Waals surface area (Å²) in [5.41, 5.74) is 0. The lowest BCUT2D eigenvalue weighted by Gasteiger charge is -2.27. The number of hydrogen-bond acceptors (Lipinski definition) is 3. The van der Waals surface area contributed by atoms with Crippen molar-refractivity contribution in [1.29, 1.82) is 0 Å². The summed E-state index contributed by atoms with van der Waals surface area (Å²) in [4.78, 5) is 27.3. The van der Waals surface area contributed by atoms with Gasteiger partial charge in [0.15, 0.2) is 0 Å². The van der Waals surface area contributed by atoms with Crippen molar-refractivity contribution >= 4 is 11.9 Å². The lowest BCUT2D eigenvalue weighted by atomic mass is 9.94. The van der Waals surface area contributed by atoms with Crippen LogP contribution >= 0.6 is 0 Å². The van der Waals surface area contributed by atoms with Gasteiger partial charge in [-0.25, -0.2) is 0 Å². The van der Waals surface area contributed by atoms with Gasteiger partial charge >= 0.3 is 5.97 Å². The summed E-state index contributed by atoms with van der Waals surface area (Å²) < 4.78 is 0. The maximum atomic E-state index is 12.3. The molecule has 0 aliphatic heterocycles. The van der Waals surface area contributed by atoms with Gasteiger partial charge in [0.25, 0.3) is 0 Å². The van der Waals surface area contributed by atoms with Crippen molar-refractivity contribution in [3.8, 4) is 0 Å². The average Bonchev–Trinajstić information content (AvgIpc) is 2.45. The molecule has 2 atom stereocenters. The smallest absolute Gasteiger partial charge is 0.307 e. The van der Waals surface area contributed by atoms with Crippen LogP contribution in [0.5, 0.6) is 0 Å². The van der Waals surface area contributed by atoms with E-state index in [4.69, 9.17) is 5.11 Å². The molecule has 0 saturated carbocycles. The highest BCUT2D eigenvalue weighted by Crippen LogP contribution is 2.15. The van der Waals surface area contributed by atoms with Crippen LogP contribution in [0.3, 0.4) is 0 Å². The van der Waals surface area contributed by atoms with Crippen molar-refractivity contribution in [2.45, 2.75) is 41.0 Å². The molecule has 0 fully saturated rings. The van der Waals surface area contributed by atoms with Crippen LogP contribution in [0.15, 0.2) is 0 Å². The first-order valence-electron chi connectivity index (χ1n) is 7.62. The van der Waals surface area contributed by atoms with E-state index in [1.807, 2.05) is 6.92 Å². The highest BCUT2D eigenvalue weighted by atomic mass is 16.4. The molecule has 5 heteroatoms. The molecule has 2 unspecified atom stereocenters. The van der Waals surface area contributed by atoms with Gasteiger partial charge < -0.3 is 14.9 Å². The fourth-order valence-corrected chi connectivity index (χ4v) is 2.16. The van der Waals surface area contributed by atoms with Gasteiger partial charge in [-0.05, 0) is 33.0 Å². The zero-order valence-electron chi connectivity index (χ0n) is 13.6. The molecule has 0 aliphatic rings. The third-order valence-corrected chi connectivity index (χ3v) is 4.02. The number of carbonyl (C=O) groups is 2. The molecule has 0 heterocycles. The third-order valence-electron chi connectivity index (χ3n) is 4.02. The van der Waals surface area contributed by atoms with Crippen LogP contribution in [0.25, 0.3) is 0 Å². The van der Waals surface area contributed by atoms with Crippen molar-refractivity contribution in [3.05, 3.63) is 0 Å². The molecule has 1 N–H and O–H groups in total. The molecule has 0 rings (SSSR count). The Labute approximate surface area is 122 Å². The first kappa shape index (κ1) is 18.9. The molecule has 118 valence electrons. The Morgan fingerprint density at radius 3 is 1.90 bits per heavy atom. The number of carboxylic acid groups (broad SMARTS) is 1. The van der Waals surface area contributed by atoms with E-state index in [1.54, 1.807) is 18.7 Å². The zero-order valence-corrected chi connectivity index (χ0v) is 13.6. The number of carbonyl (C=O) groups excluding carboxylic acids is 1. The van der Waals surface area contributed by atoms with Gasteiger partial charge in [0.05, 0.1) is 5.92 Å². The van der Waals surface area contributed by atoms with E-state index in [0.717, 1.165) is 26.1 Å². The summed E-state index contributed by atoms with van der Waals surface area (Å²) in [5.74, 6) is -2.08. The van der Waals surface area contributed by atoms with E-state index >= 15 is 0 Å². The van der Waals surface area contributed by atoms with Gasteiger partial charge in [-0.1, -0.05) is 27.7 Å². The highest BCUT2D eigenvalue weighted by Gasteiger charge is 2.28. The second-order valence-corrected chi connectivity index (χ2v) is 5.21. The van der Waals surface area contributed by atoms with Crippen LogP contribution in [0, 0.1) is 11.8 Å². The van der Waals surface area contributed by atoms with Crippen LogP contribution in [-0.2, 0) is 9.59 Å². The Morgan fingerprint density at radius 2 is 1.50 bits per heavy atom. The largest absolute Gasteiger partial charge is 0.481 e. The summed E-state index contributed by atoms with van der Waals surface area (Å²) in [6, 6.07) is 0. The molecule has 0 spiro atoms. The standard InChI is InChI=1S/C15H30N2O3/c1-6-16(7-2)10-9-11-17(8-3)14(18)12(4)13(5)15(19)20/h12-13H,6-11H2,1-5H3,(H,19,20). The van der Waals surface area contributed by atoms with Crippen molar-refractivity contribution in [3.63, 3.8) is 0 Å². The molecule has 0 radical (unpaired) electrons. The Morgan fingerprint density at radius 1 is 0.950 bits per heavy atom. The van der Waals surface area contributed by atoms with Crippen LogP contribution in [0.2, 0.25) is 0 Å². The normalized spacial score (nSPS) is 14.1. The van der Waals surface area contributed by atoms with Gasteiger partial charge in [-0.3, -0.25) is 9.59 Å². The number of aliphatic carboxylic acids is 1. The van der Waals surface area contributed by atoms with Gasteiger partial charge in [0.2, 0.25) is 5.91 Å². The predicted molar refractivity (Wildman–Crippen MR) is 80.6 cm³/mol. The number of carboxylic acids is 1. The number of amides is 1. The van der Waals surface area contributed by atoms with Gasteiger partial charge in [0, 0.05) is 19.0 Å². The molecule has 5 nitrogen and oxygen atoms in total. The van der Waals surface area contributed by atoms with E-state index in [1.165, 1.54) is 0 Å². The molecule has 0 aromatic rings. The second kappa shape index (κ2) is 9.75. The van der Waals surface area contributed by atoms with Crippen LogP contribution in [0.1, 0.15) is 41.0 Å². The lowest BCUT2D eigenvalue weighted by Crippen LogP contribution is -2.40. The quantitative estimate of drug-likeness (QED) is 0.666. The monoisotopic (exact) mass is 286 g/mol. The maximum Gasteiger partial charge on any atom is 0.307 e. The minimum absolute atomic E-state index is 0.0538. The number of nitrogens with zero attached hydrogens (tertiary/aromatic N) is 2. The van der Waals surface area contributed by atoms with E-state index in [2.05, 4.69) is 18.7 Å². The molecule has 0 aliphatic carbocycles. The molecule has 0 aromatic carbocycles. The summed E-state index contributed by atoms with van der Waals surface area (Å²) in [6.45, 7) is 13.8. The third kappa shape index (κ3) is 5.90. The Kier molecular flexibility index (Phi) is 9.21. The van der Waals surface area contributed by atoms with Crippen molar-refractivity contribution < 1.29 is 14.7 Å². The summed E-state index contributed by atoms with van der Waals surface area (Å²) in [7, 11) is 0. The van der Waals surface area contributed by atoms with Crippen molar-refractivity contribution in [2.75, 3.05) is 32.7 Å². The Hall–Kier alpha value is -1.10. The van der Waals surface area contributed by atoms with Crippen molar-refractivity contribution in [1.82, 2.24) is 9.80 Å². The Bertz CT molecular complexity index is 303. The topological polar surface area (TPSA) is 60.9 Å². The second-order valence-electron chi connectivity index (χ2n) is 5.21. The first-order valence-corrected chi connectivity index (χ1v) is 7.62. The molecular formula is C15H30N2O3. The van der Waals surface area contributed by atoms with Crippen LogP contribution in [0.4, 0.5) is 0 Å². The summed E-state index contributed by atoms with van der Waals surface area (Å²) in [5, 5.41) is 8.99. The first-order chi connectivity index (χ1) is 9.38. The molecule has 20 heavy (non-hydrogen) atoms. The molecular weight excluding hydrogens is 256 g/mol. The molecule has 0 saturated heterocycles. The fourth-order valence-electron chi connectivity index (χ4n) is 2.16. The van der Waals surface area contributed by atoms with E-state index < -0.39 is 17.8 Å². The van der Waals surface area contributed by atoms with E-state index in [-0.39, 0.29) is 5.91 Å². The number of hydrogen-bond donors (Lipinski definition) is 1.